The lowest BCUT2D eigenvalue weighted by Gasteiger charge is -2.19. The van der Waals surface area contributed by atoms with Gasteiger partial charge in [-0.1, -0.05) is 12.8 Å². The van der Waals surface area contributed by atoms with Crippen molar-refractivity contribution in [3.63, 3.8) is 0 Å². The van der Waals surface area contributed by atoms with E-state index in [1.807, 2.05) is 11.8 Å². The zero-order valence-electron chi connectivity index (χ0n) is 9.18. The van der Waals surface area contributed by atoms with E-state index in [0.717, 1.165) is 12.0 Å². The molecule has 0 aliphatic heterocycles. The molecule has 0 aromatic rings. The second-order valence-corrected chi connectivity index (χ2v) is 5.41. The van der Waals surface area contributed by atoms with Gasteiger partial charge in [-0.15, -0.1) is 0 Å². The van der Waals surface area contributed by atoms with Crippen LogP contribution in [0.25, 0.3) is 0 Å². The fraction of sp³-hybridized carbons (Fsp3) is 1.00. The number of hydrogen-bond acceptors (Lipinski definition) is 2. The normalized spacial score (nSPS) is 21.5. The minimum atomic E-state index is 0.696. The third-order valence-corrected chi connectivity index (χ3v) is 3.35. The Morgan fingerprint density at radius 2 is 2.00 bits per heavy atom. The lowest BCUT2D eigenvalue weighted by molar-refractivity contribution is 0.425. The first-order valence-corrected chi connectivity index (χ1v) is 6.86. The molecule has 1 rings (SSSR count). The first kappa shape index (κ1) is 11.4. The summed E-state index contributed by atoms with van der Waals surface area (Å²) in [4.78, 5) is 0. The van der Waals surface area contributed by atoms with Crippen LogP contribution in [0.1, 0.15) is 39.5 Å². The van der Waals surface area contributed by atoms with Gasteiger partial charge in [0, 0.05) is 12.1 Å². The molecular formula is C11H23NS. The van der Waals surface area contributed by atoms with Crippen LogP contribution >= 0.6 is 11.8 Å². The van der Waals surface area contributed by atoms with Gasteiger partial charge in [-0.05, 0) is 44.6 Å². The van der Waals surface area contributed by atoms with E-state index in [0.29, 0.717) is 6.04 Å². The topological polar surface area (TPSA) is 12.0 Å². The van der Waals surface area contributed by atoms with Crippen molar-refractivity contribution in [3.05, 3.63) is 0 Å². The minimum absolute atomic E-state index is 0.696. The van der Waals surface area contributed by atoms with Crippen LogP contribution in [0.3, 0.4) is 0 Å². The van der Waals surface area contributed by atoms with E-state index < -0.39 is 0 Å². The van der Waals surface area contributed by atoms with Gasteiger partial charge in [0.05, 0.1) is 0 Å². The first-order chi connectivity index (χ1) is 6.22. The summed E-state index contributed by atoms with van der Waals surface area (Å²) in [6.07, 6.45) is 7.83. The molecule has 0 spiro atoms. The highest BCUT2D eigenvalue weighted by Crippen LogP contribution is 2.33. The quantitative estimate of drug-likeness (QED) is 0.680. The zero-order chi connectivity index (χ0) is 9.68. The Bertz CT molecular complexity index is 134. The molecular weight excluding hydrogens is 178 g/mol. The van der Waals surface area contributed by atoms with E-state index in [1.165, 1.54) is 31.4 Å². The summed E-state index contributed by atoms with van der Waals surface area (Å²) in [5.41, 5.74) is 0. The molecule has 1 aliphatic carbocycles. The Kier molecular flexibility index (Phi) is 5.18. The standard InChI is InChI=1S/C11H23NS/c1-9(6-7-13-3)12-10(2)8-11-4-5-11/h9-12H,4-8H2,1-3H3. The molecule has 0 bridgehead atoms. The molecule has 0 aromatic carbocycles. The maximum absolute atomic E-state index is 3.67. The van der Waals surface area contributed by atoms with Crippen LogP contribution in [0.5, 0.6) is 0 Å². The monoisotopic (exact) mass is 201 g/mol. The molecule has 2 unspecified atom stereocenters. The molecule has 1 N–H and O–H groups in total. The highest BCUT2D eigenvalue weighted by atomic mass is 32.2. The molecule has 1 fully saturated rings. The van der Waals surface area contributed by atoms with Gasteiger partial charge in [0.2, 0.25) is 0 Å². The second-order valence-electron chi connectivity index (χ2n) is 4.43. The summed E-state index contributed by atoms with van der Waals surface area (Å²) in [6, 6.07) is 1.42. The summed E-state index contributed by atoms with van der Waals surface area (Å²) in [6.45, 7) is 4.63. The van der Waals surface area contributed by atoms with Crippen LogP contribution in [0.4, 0.5) is 0 Å². The summed E-state index contributed by atoms with van der Waals surface area (Å²) < 4.78 is 0. The lowest BCUT2D eigenvalue weighted by atomic mass is 10.1. The molecule has 2 heteroatoms. The fourth-order valence-corrected chi connectivity index (χ4v) is 2.37. The average molecular weight is 201 g/mol. The smallest absolute Gasteiger partial charge is 0.00490 e. The van der Waals surface area contributed by atoms with Gasteiger partial charge in [0.1, 0.15) is 0 Å². The van der Waals surface area contributed by atoms with Crippen LogP contribution in [0.2, 0.25) is 0 Å². The van der Waals surface area contributed by atoms with E-state index >= 15 is 0 Å². The Labute approximate surface area is 87.1 Å². The maximum Gasteiger partial charge on any atom is 0.00490 e. The van der Waals surface area contributed by atoms with Crippen LogP contribution in [-0.4, -0.2) is 24.1 Å². The van der Waals surface area contributed by atoms with Gasteiger partial charge in [-0.2, -0.15) is 11.8 Å². The summed E-state index contributed by atoms with van der Waals surface area (Å²) in [7, 11) is 0. The minimum Gasteiger partial charge on any atom is -0.312 e. The summed E-state index contributed by atoms with van der Waals surface area (Å²) in [5.74, 6) is 2.33. The summed E-state index contributed by atoms with van der Waals surface area (Å²) >= 11 is 1.94. The van der Waals surface area contributed by atoms with Crippen molar-refractivity contribution < 1.29 is 0 Å². The molecule has 1 nitrogen and oxygen atoms in total. The maximum atomic E-state index is 3.67. The molecule has 78 valence electrons. The molecule has 13 heavy (non-hydrogen) atoms. The van der Waals surface area contributed by atoms with Crippen LogP contribution in [0.15, 0.2) is 0 Å². The van der Waals surface area contributed by atoms with E-state index in [9.17, 15) is 0 Å². The van der Waals surface area contributed by atoms with Crippen molar-refractivity contribution in [2.45, 2.75) is 51.6 Å². The Morgan fingerprint density at radius 3 is 2.54 bits per heavy atom. The third kappa shape index (κ3) is 5.58. The average Bonchev–Trinajstić information content (AvgIpc) is 2.84. The van der Waals surface area contributed by atoms with Crippen molar-refractivity contribution >= 4 is 11.8 Å². The van der Waals surface area contributed by atoms with E-state index in [2.05, 4.69) is 25.4 Å². The van der Waals surface area contributed by atoms with Gasteiger partial charge in [0.25, 0.3) is 0 Å². The number of nitrogens with one attached hydrogen (secondary N) is 1. The molecule has 0 heterocycles. The van der Waals surface area contributed by atoms with Crippen molar-refractivity contribution in [1.82, 2.24) is 5.32 Å². The largest absolute Gasteiger partial charge is 0.312 e. The van der Waals surface area contributed by atoms with Crippen molar-refractivity contribution in [2.24, 2.45) is 5.92 Å². The van der Waals surface area contributed by atoms with Crippen LogP contribution in [-0.2, 0) is 0 Å². The lowest BCUT2D eigenvalue weighted by Crippen LogP contribution is -2.35. The van der Waals surface area contributed by atoms with E-state index in [-0.39, 0.29) is 0 Å². The molecule has 2 atom stereocenters. The predicted molar refractivity (Wildman–Crippen MR) is 62.4 cm³/mol. The van der Waals surface area contributed by atoms with Crippen LogP contribution in [0, 0.1) is 5.92 Å². The molecule has 0 amide bonds. The van der Waals surface area contributed by atoms with Gasteiger partial charge in [0.15, 0.2) is 0 Å². The number of rotatable bonds is 7. The zero-order valence-corrected chi connectivity index (χ0v) is 9.99. The third-order valence-electron chi connectivity index (χ3n) is 2.71. The Hall–Kier alpha value is 0.310. The molecule has 1 aliphatic rings. The molecule has 0 saturated heterocycles. The van der Waals surface area contributed by atoms with Crippen molar-refractivity contribution in [1.29, 1.82) is 0 Å². The van der Waals surface area contributed by atoms with E-state index in [1.54, 1.807) is 0 Å². The highest BCUT2D eigenvalue weighted by Gasteiger charge is 2.23. The molecule has 0 radical (unpaired) electrons. The molecule has 1 saturated carbocycles. The van der Waals surface area contributed by atoms with Gasteiger partial charge in [-0.3, -0.25) is 0 Å². The van der Waals surface area contributed by atoms with Crippen molar-refractivity contribution in [3.8, 4) is 0 Å². The van der Waals surface area contributed by atoms with Crippen LogP contribution < -0.4 is 5.32 Å². The Balaban J connectivity index is 1.99. The number of thioether (sulfide) groups is 1. The van der Waals surface area contributed by atoms with Gasteiger partial charge in [-0.25, -0.2) is 0 Å². The second kappa shape index (κ2) is 5.92. The fourth-order valence-electron chi connectivity index (χ4n) is 1.79. The SMILES string of the molecule is CSCCC(C)NC(C)CC1CC1. The molecule has 0 aromatic heterocycles. The predicted octanol–water partition coefficient (Wildman–Crippen LogP) is 2.91. The summed E-state index contributed by atoms with van der Waals surface area (Å²) in [5, 5.41) is 3.67. The van der Waals surface area contributed by atoms with Crippen molar-refractivity contribution in [2.75, 3.05) is 12.0 Å². The van der Waals surface area contributed by atoms with E-state index in [4.69, 9.17) is 0 Å². The Morgan fingerprint density at radius 1 is 1.31 bits per heavy atom. The first-order valence-electron chi connectivity index (χ1n) is 5.47. The van der Waals surface area contributed by atoms with Gasteiger partial charge < -0.3 is 5.32 Å². The highest BCUT2D eigenvalue weighted by molar-refractivity contribution is 7.98. The number of hydrogen-bond donors (Lipinski definition) is 1. The van der Waals surface area contributed by atoms with Gasteiger partial charge >= 0.3 is 0 Å².